The van der Waals surface area contributed by atoms with Crippen LogP contribution in [-0.2, 0) is 0 Å². The van der Waals surface area contributed by atoms with Gasteiger partial charge in [-0.2, -0.15) is 10.5 Å². The first kappa shape index (κ1) is 34.1. The summed E-state index contributed by atoms with van der Waals surface area (Å²) in [6.45, 7) is 0. The summed E-state index contributed by atoms with van der Waals surface area (Å²) in [6.07, 6.45) is 0. The zero-order valence-corrected chi connectivity index (χ0v) is 33.2. The summed E-state index contributed by atoms with van der Waals surface area (Å²) in [5, 5.41) is 31.2. The van der Waals surface area contributed by atoms with Crippen LogP contribution in [0.15, 0.2) is 194 Å². The summed E-state index contributed by atoms with van der Waals surface area (Å²) in [5.74, 6) is 0. The molecule has 0 N–H and O–H groups in total. The van der Waals surface area contributed by atoms with Crippen molar-refractivity contribution in [1.29, 1.82) is 10.5 Å². The molecule has 0 aliphatic rings. The van der Waals surface area contributed by atoms with Crippen LogP contribution >= 0.6 is 0 Å². The molecule has 0 radical (unpaired) electrons. The number of benzene rings is 9. The van der Waals surface area contributed by atoms with Gasteiger partial charge in [0.1, 0.15) is 12.1 Å². The maximum absolute atomic E-state index is 11.2. The predicted octanol–water partition coefficient (Wildman–Crippen LogP) is 13.8. The van der Waals surface area contributed by atoms with Crippen molar-refractivity contribution in [3.8, 4) is 34.9 Å². The van der Waals surface area contributed by atoms with Crippen molar-refractivity contribution in [2.24, 2.45) is 0 Å². The molecule has 0 aliphatic heterocycles. The predicted molar refractivity (Wildman–Crippen MR) is 253 cm³/mol. The number of rotatable bonds is 4. The fourth-order valence-electron chi connectivity index (χ4n) is 10.3. The Morgan fingerprint density at radius 1 is 0.258 bits per heavy atom. The molecule has 0 saturated heterocycles. The number of hydrogen-bond donors (Lipinski definition) is 0. The van der Waals surface area contributed by atoms with Gasteiger partial charge in [-0.1, -0.05) is 109 Å². The molecule has 4 heterocycles. The van der Waals surface area contributed by atoms with Crippen molar-refractivity contribution in [3.63, 3.8) is 0 Å². The van der Waals surface area contributed by atoms with E-state index in [2.05, 4.69) is 188 Å². The second kappa shape index (κ2) is 12.8. The van der Waals surface area contributed by atoms with Crippen molar-refractivity contribution in [2.75, 3.05) is 0 Å². The zero-order valence-electron chi connectivity index (χ0n) is 33.2. The third-order valence-electron chi connectivity index (χ3n) is 12.8. The number of fused-ring (bicyclic) bond motifs is 12. The number of nitrogens with zero attached hydrogens (tertiary/aromatic N) is 6. The minimum Gasteiger partial charge on any atom is -0.309 e. The number of nitriles is 2. The van der Waals surface area contributed by atoms with Crippen LogP contribution in [0.1, 0.15) is 11.1 Å². The molecule has 13 aromatic rings. The normalized spacial score (nSPS) is 11.8. The topological polar surface area (TPSA) is 67.3 Å². The maximum atomic E-state index is 11.2. The molecule has 4 aromatic heterocycles. The van der Waals surface area contributed by atoms with Gasteiger partial charge in [-0.25, -0.2) is 0 Å². The van der Waals surface area contributed by atoms with Crippen LogP contribution in [-0.4, -0.2) is 18.3 Å². The average molecular weight is 789 g/mol. The number of aromatic nitrogens is 4. The molecule has 0 atom stereocenters. The Morgan fingerprint density at radius 3 is 0.855 bits per heavy atom. The molecule has 13 rings (SSSR count). The highest BCUT2D eigenvalue weighted by atomic mass is 15.0. The Bertz CT molecular complexity index is 3840. The minimum absolute atomic E-state index is 0.326. The van der Waals surface area contributed by atoms with Gasteiger partial charge in [-0.3, -0.25) is 0 Å². The van der Waals surface area contributed by atoms with Crippen LogP contribution in [0.2, 0.25) is 0 Å². The quantitative estimate of drug-likeness (QED) is 0.178. The Kier molecular flexibility index (Phi) is 7.05. The summed E-state index contributed by atoms with van der Waals surface area (Å²) < 4.78 is 9.02. The standard InChI is InChI=1S/C56H32N6/c57-33-45-46(34-58)52(62-50-26-14-10-22-40(50)44-30-54-42(32-56(44)62)38-20-8-12-24-48(38)60(54)36-17-5-2-6-18-36)28-27-51(45)61-49-25-13-9-21-39(49)43-29-53-41(31-55(43)61)37-19-7-11-23-47(37)59(53)35-15-3-1-4-16-35/h1-32H. The summed E-state index contributed by atoms with van der Waals surface area (Å²) in [4.78, 5) is 0. The molecule has 0 amide bonds. The first-order valence-electron chi connectivity index (χ1n) is 20.7. The minimum atomic E-state index is 0.326. The van der Waals surface area contributed by atoms with Crippen LogP contribution in [0, 0.1) is 22.7 Å². The highest BCUT2D eigenvalue weighted by molar-refractivity contribution is 6.20. The largest absolute Gasteiger partial charge is 0.309 e. The second-order valence-electron chi connectivity index (χ2n) is 15.9. The van der Waals surface area contributed by atoms with Crippen LogP contribution in [0.4, 0.5) is 0 Å². The molecule has 0 unspecified atom stereocenters. The smallest absolute Gasteiger partial charge is 0.103 e. The average Bonchev–Trinajstić information content (AvgIpc) is 4.04. The Morgan fingerprint density at radius 2 is 0.532 bits per heavy atom. The van der Waals surface area contributed by atoms with Gasteiger partial charge in [-0.15, -0.1) is 0 Å². The van der Waals surface area contributed by atoms with Crippen molar-refractivity contribution in [2.45, 2.75) is 0 Å². The Hall–Kier alpha value is -8.84. The van der Waals surface area contributed by atoms with E-state index in [9.17, 15) is 10.5 Å². The Balaban J connectivity index is 1.10. The molecular weight excluding hydrogens is 757 g/mol. The third-order valence-corrected chi connectivity index (χ3v) is 12.8. The lowest BCUT2D eigenvalue weighted by Gasteiger charge is -2.16. The molecule has 0 saturated carbocycles. The molecule has 0 bridgehead atoms. The van der Waals surface area contributed by atoms with Crippen LogP contribution < -0.4 is 0 Å². The molecule has 0 fully saturated rings. The van der Waals surface area contributed by atoms with Gasteiger partial charge in [-0.05, 0) is 84.9 Å². The molecule has 6 nitrogen and oxygen atoms in total. The summed E-state index contributed by atoms with van der Waals surface area (Å²) >= 11 is 0. The molecule has 6 heteroatoms. The maximum Gasteiger partial charge on any atom is 0.103 e. The SMILES string of the molecule is N#Cc1c(-n2c3ccccc3c3cc4c(cc32)c2ccccc2n4-c2ccccc2)ccc(-n2c3ccccc3c3cc4c(cc32)c2ccccc2n4-c2ccccc2)c1C#N. The number of hydrogen-bond acceptors (Lipinski definition) is 2. The fraction of sp³-hybridized carbons (Fsp3) is 0. The lowest BCUT2D eigenvalue weighted by atomic mass is 10.0. The first-order chi connectivity index (χ1) is 30.7. The van der Waals surface area contributed by atoms with Crippen LogP contribution in [0.5, 0.6) is 0 Å². The molecule has 62 heavy (non-hydrogen) atoms. The Labute approximate surface area is 354 Å². The van der Waals surface area contributed by atoms with E-state index >= 15 is 0 Å². The van der Waals surface area contributed by atoms with Gasteiger partial charge in [0.05, 0.1) is 66.6 Å². The third kappa shape index (κ3) is 4.55. The monoisotopic (exact) mass is 788 g/mol. The van der Waals surface area contributed by atoms with E-state index in [1.807, 2.05) is 36.4 Å². The van der Waals surface area contributed by atoms with E-state index in [-0.39, 0.29) is 0 Å². The lowest BCUT2D eigenvalue weighted by Crippen LogP contribution is -2.05. The first-order valence-corrected chi connectivity index (χ1v) is 20.7. The van der Waals surface area contributed by atoms with Gasteiger partial charge in [0.25, 0.3) is 0 Å². The van der Waals surface area contributed by atoms with E-state index in [1.165, 1.54) is 0 Å². The van der Waals surface area contributed by atoms with Gasteiger partial charge in [0, 0.05) is 54.5 Å². The van der Waals surface area contributed by atoms with Crippen molar-refractivity contribution in [1.82, 2.24) is 18.3 Å². The van der Waals surface area contributed by atoms with E-state index < -0.39 is 0 Å². The van der Waals surface area contributed by atoms with Crippen LogP contribution in [0.3, 0.4) is 0 Å². The fourth-order valence-corrected chi connectivity index (χ4v) is 10.3. The molecule has 9 aromatic carbocycles. The van der Waals surface area contributed by atoms with E-state index in [1.54, 1.807) is 0 Å². The molecule has 0 spiro atoms. The van der Waals surface area contributed by atoms with Crippen molar-refractivity contribution >= 4 is 87.2 Å². The second-order valence-corrected chi connectivity index (χ2v) is 15.9. The van der Waals surface area contributed by atoms with Crippen molar-refractivity contribution < 1.29 is 0 Å². The molecule has 0 aliphatic carbocycles. The van der Waals surface area contributed by atoms with Crippen molar-refractivity contribution in [3.05, 3.63) is 205 Å². The molecule has 286 valence electrons. The molecular formula is C56H32N6. The van der Waals surface area contributed by atoms with Gasteiger partial charge in [0.15, 0.2) is 0 Å². The van der Waals surface area contributed by atoms with Gasteiger partial charge >= 0.3 is 0 Å². The summed E-state index contributed by atoms with van der Waals surface area (Å²) in [7, 11) is 0. The van der Waals surface area contributed by atoms with Gasteiger partial charge < -0.3 is 18.3 Å². The van der Waals surface area contributed by atoms with E-state index in [0.29, 0.717) is 22.5 Å². The highest BCUT2D eigenvalue weighted by Gasteiger charge is 2.25. The summed E-state index contributed by atoms with van der Waals surface area (Å²) in [5.41, 5.74) is 12.5. The zero-order chi connectivity index (χ0) is 41.1. The van der Waals surface area contributed by atoms with Gasteiger partial charge in [0.2, 0.25) is 0 Å². The van der Waals surface area contributed by atoms with E-state index in [0.717, 1.165) is 98.6 Å². The highest BCUT2D eigenvalue weighted by Crippen LogP contribution is 2.43. The lowest BCUT2D eigenvalue weighted by molar-refractivity contribution is 1.12. The number of para-hydroxylation sites is 6. The summed E-state index contributed by atoms with van der Waals surface area (Å²) in [6, 6.07) is 72.9. The van der Waals surface area contributed by atoms with Crippen LogP contribution in [0.25, 0.3) is 110 Å². The van der Waals surface area contributed by atoms with E-state index in [4.69, 9.17) is 0 Å².